The first-order valence-electron chi connectivity index (χ1n) is 6.55. The highest BCUT2D eigenvalue weighted by Gasteiger charge is 2.10. The molecule has 2 aromatic heterocycles. The first kappa shape index (κ1) is 13.3. The van der Waals surface area contributed by atoms with E-state index in [4.69, 9.17) is 0 Å². The quantitative estimate of drug-likeness (QED) is 0.722. The van der Waals surface area contributed by atoms with Crippen molar-refractivity contribution in [3.63, 3.8) is 0 Å². The summed E-state index contributed by atoms with van der Waals surface area (Å²) in [7, 11) is 0. The van der Waals surface area contributed by atoms with Gasteiger partial charge in [0.15, 0.2) is 0 Å². The molecular weight excluding hydrogens is 238 g/mol. The number of aromatic nitrogens is 1. The Hall–Kier alpha value is -1.15. The first-order valence-corrected chi connectivity index (χ1v) is 7.37. The molecule has 0 aliphatic carbocycles. The smallest absolute Gasteiger partial charge is 0.0831 e. The van der Waals surface area contributed by atoms with Gasteiger partial charge in [0.05, 0.1) is 10.6 Å². The summed E-state index contributed by atoms with van der Waals surface area (Å²) in [5.74, 6) is 1.14. The SMILES string of the molecule is Cc1cc(C(C)C)cnc1-c1ccc(C(C)C)s1. The molecule has 96 valence electrons. The van der Waals surface area contributed by atoms with Crippen LogP contribution in [0.3, 0.4) is 0 Å². The summed E-state index contributed by atoms with van der Waals surface area (Å²) >= 11 is 1.86. The molecule has 0 aromatic carbocycles. The fourth-order valence-electron chi connectivity index (χ4n) is 1.96. The Bertz CT molecular complexity index is 538. The minimum absolute atomic E-state index is 0.541. The molecule has 0 bridgehead atoms. The maximum absolute atomic E-state index is 4.65. The molecule has 0 aliphatic rings. The van der Waals surface area contributed by atoms with Gasteiger partial charge in [-0.3, -0.25) is 4.98 Å². The van der Waals surface area contributed by atoms with Crippen molar-refractivity contribution in [1.82, 2.24) is 4.98 Å². The molecule has 2 heteroatoms. The fraction of sp³-hybridized carbons (Fsp3) is 0.438. The summed E-state index contributed by atoms with van der Waals surface area (Å²) in [6.45, 7) is 11.0. The molecule has 2 aromatic rings. The Morgan fingerprint density at radius 2 is 1.78 bits per heavy atom. The second-order valence-electron chi connectivity index (χ2n) is 5.45. The molecule has 0 atom stereocenters. The minimum atomic E-state index is 0.541. The number of hydrogen-bond acceptors (Lipinski definition) is 2. The Morgan fingerprint density at radius 1 is 1.06 bits per heavy atom. The van der Waals surface area contributed by atoms with Gasteiger partial charge in [0.1, 0.15) is 0 Å². The molecule has 0 radical (unpaired) electrons. The van der Waals surface area contributed by atoms with Crippen LogP contribution in [0.15, 0.2) is 24.4 Å². The zero-order chi connectivity index (χ0) is 13.3. The van der Waals surface area contributed by atoms with Crippen molar-refractivity contribution >= 4 is 11.3 Å². The zero-order valence-electron chi connectivity index (χ0n) is 11.8. The lowest BCUT2D eigenvalue weighted by Gasteiger charge is -2.08. The normalized spacial score (nSPS) is 11.5. The van der Waals surface area contributed by atoms with E-state index in [2.05, 4.69) is 57.8 Å². The van der Waals surface area contributed by atoms with Crippen molar-refractivity contribution in [3.05, 3.63) is 40.4 Å². The molecule has 18 heavy (non-hydrogen) atoms. The van der Waals surface area contributed by atoms with Crippen molar-refractivity contribution < 1.29 is 0 Å². The van der Waals surface area contributed by atoms with E-state index in [9.17, 15) is 0 Å². The second kappa shape index (κ2) is 5.23. The van der Waals surface area contributed by atoms with E-state index in [0.717, 1.165) is 5.69 Å². The molecule has 2 heterocycles. The number of thiophene rings is 1. The molecule has 0 amide bonds. The van der Waals surface area contributed by atoms with Gasteiger partial charge in [0, 0.05) is 11.1 Å². The van der Waals surface area contributed by atoms with E-state index in [1.165, 1.54) is 20.9 Å². The van der Waals surface area contributed by atoms with Crippen molar-refractivity contribution in [2.24, 2.45) is 0 Å². The molecule has 0 unspecified atom stereocenters. The van der Waals surface area contributed by atoms with Gasteiger partial charge in [-0.2, -0.15) is 0 Å². The van der Waals surface area contributed by atoms with Gasteiger partial charge in [-0.25, -0.2) is 0 Å². The van der Waals surface area contributed by atoms with Crippen LogP contribution in [0.25, 0.3) is 10.6 Å². The molecule has 1 nitrogen and oxygen atoms in total. The topological polar surface area (TPSA) is 12.9 Å². The van der Waals surface area contributed by atoms with E-state index in [0.29, 0.717) is 11.8 Å². The summed E-state index contributed by atoms with van der Waals surface area (Å²) in [5.41, 5.74) is 3.73. The van der Waals surface area contributed by atoms with E-state index in [1.54, 1.807) is 0 Å². The Kier molecular flexibility index (Phi) is 3.86. The third-order valence-electron chi connectivity index (χ3n) is 3.20. The lowest BCUT2D eigenvalue weighted by molar-refractivity contribution is 0.856. The fourth-order valence-corrected chi connectivity index (χ4v) is 3.03. The summed E-state index contributed by atoms with van der Waals surface area (Å²) in [4.78, 5) is 7.37. The zero-order valence-corrected chi connectivity index (χ0v) is 12.6. The standard InChI is InChI=1S/C16H21NS/c1-10(2)13-8-12(5)16(17-9-13)15-7-6-14(18-15)11(3)4/h6-11H,1-5H3. The van der Waals surface area contributed by atoms with Crippen LogP contribution in [0.1, 0.15) is 55.5 Å². The van der Waals surface area contributed by atoms with Crippen molar-refractivity contribution in [1.29, 1.82) is 0 Å². The van der Waals surface area contributed by atoms with Crippen LogP contribution in [-0.2, 0) is 0 Å². The Labute approximate surface area is 114 Å². The molecular formula is C16H21NS. The predicted molar refractivity (Wildman–Crippen MR) is 80.5 cm³/mol. The highest BCUT2D eigenvalue weighted by atomic mass is 32.1. The van der Waals surface area contributed by atoms with Crippen LogP contribution < -0.4 is 0 Å². The molecule has 2 rings (SSSR count). The highest BCUT2D eigenvalue weighted by Crippen LogP contribution is 2.33. The van der Waals surface area contributed by atoms with Gasteiger partial charge in [-0.1, -0.05) is 33.8 Å². The summed E-state index contributed by atoms with van der Waals surface area (Å²) < 4.78 is 0. The Morgan fingerprint density at radius 3 is 2.28 bits per heavy atom. The van der Waals surface area contributed by atoms with Gasteiger partial charge >= 0.3 is 0 Å². The van der Waals surface area contributed by atoms with Crippen LogP contribution >= 0.6 is 11.3 Å². The van der Waals surface area contributed by atoms with E-state index in [1.807, 2.05) is 17.5 Å². The average Bonchev–Trinajstić information content (AvgIpc) is 2.78. The monoisotopic (exact) mass is 259 g/mol. The van der Waals surface area contributed by atoms with Crippen LogP contribution in [0.2, 0.25) is 0 Å². The number of pyridine rings is 1. The highest BCUT2D eigenvalue weighted by molar-refractivity contribution is 7.15. The van der Waals surface area contributed by atoms with E-state index < -0.39 is 0 Å². The lowest BCUT2D eigenvalue weighted by atomic mass is 10.0. The Balaban J connectivity index is 2.38. The number of nitrogens with zero attached hydrogens (tertiary/aromatic N) is 1. The second-order valence-corrected chi connectivity index (χ2v) is 6.56. The maximum Gasteiger partial charge on any atom is 0.0831 e. The minimum Gasteiger partial charge on any atom is -0.255 e. The molecule has 0 saturated heterocycles. The average molecular weight is 259 g/mol. The van der Waals surface area contributed by atoms with Gasteiger partial charge in [0.25, 0.3) is 0 Å². The van der Waals surface area contributed by atoms with Crippen LogP contribution in [0.4, 0.5) is 0 Å². The first-order chi connectivity index (χ1) is 8.49. The molecule has 0 N–H and O–H groups in total. The predicted octanol–water partition coefficient (Wildman–Crippen LogP) is 5.37. The van der Waals surface area contributed by atoms with Gasteiger partial charge in [-0.15, -0.1) is 11.3 Å². The molecule has 0 saturated carbocycles. The van der Waals surface area contributed by atoms with Gasteiger partial charge in [0.2, 0.25) is 0 Å². The third-order valence-corrected chi connectivity index (χ3v) is 4.59. The summed E-state index contributed by atoms with van der Waals surface area (Å²) in [5, 5.41) is 0. The van der Waals surface area contributed by atoms with E-state index >= 15 is 0 Å². The molecule has 0 fully saturated rings. The van der Waals surface area contributed by atoms with Crippen LogP contribution in [-0.4, -0.2) is 4.98 Å². The van der Waals surface area contributed by atoms with E-state index in [-0.39, 0.29) is 0 Å². The lowest BCUT2D eigenvalue weighted by Crippen LogP contribution is -1.93. The van der Waals surface area contributed by atoms with Crippen molar-refractivity contribution in [2.45, 2.75) is 46.5 Å². The molecule has 0 aliphatic heterocycles. The third kappa shape index (κ3) is 2.64. The number of aryl methyl sites for hydroxylation is 1. The maximum atomic E-state index is 4.65. The van der Waals surface area contributed by atoms with Crippen LogP contribution in [0, 0.1) is 6.92 Å². The number of hydrogen-bond donors (Lipinski definition) is 0. The van der Waals surface area contributed by atoms with Gasteiger partial charge in [-0.05, 0) is 42.0 Å². The number of rotatable bonds is 3. The molecule has 0 spiro atoms. The van der Waals surface area contributed by atoms with Crippen molar-refractivity contribution in [3.8, 4) is 10.6 Å². The van der Waals surface area contributed by atoms with Crippen LogP contribution in [0.5, 0.6) is 0 Å². The largest absolute Gasteiger partial charge is 0.255 e. The summed E-state index contributed by atoms with van der Waals surface area (Å²) in [6.07, 6.45) is 2.02. The summed E-state index contributed by atoms with van der Waals surface area (Å²) in [6, 6.07) is 6.69. The van der Waals surface area contributed by atoms with Gasteiger partial charge < -0.3 is 0 Å². The van der Waals surface area contributed by atoms with Crippen molar-refractivity contribution in [2.75, 3.05) is 0 Å².